The van der Waals surface area contributed by atoms with Crippen molar-refractivity contribution in [3.05, 3.63) is 66.1 Å². The third kappa shape index (κ3) is 6.88. The van der Waals surface area contributed by atoms with Gasteiger partial charge in [0, 0.05) is 69.5 Å². The van der Waals surface area contributed by atoms with Gasteiger partial charge in [-0.05, 0) is 35.9 Å². The first-order valence-corrected chi connectivity index (χ1v) is 14.0. The monoisotopic (exact) mass is 537 g/mol. The molecule has 0 atom stereocenters. The molecule has 3 aromatic rings. The van der Waals surface area contributed by atoms with Crippen LogP contribution in [0.15, 0.2) is 54.9 Å². The summed E-state index contributed by atoms with van der Waals surface area (Å²) < 4.78 is 25.4. The average Bonchev–Trinajstić information content (AvgIpc) is 2.89. The van der Waals surface area contributed by atoms with Crippen LogP contribution >= 0.6 is 0 Å². The molecule has 1 aromatic carbocycles. The number of nitrogens with zero attached hydrogens (tertiary/aromatic N) is 6. The summed E-state index contributed by atoms with van der Waals surface area (Å²) in [6.07, 6.45) is 3.32. The van der Waals surface area contributed by atoms with Crippen molar-refractivity contribution in [1.29, 1.82) is 0 Å². The van der Waals surface area contributed by atoms with Crippen molar-refractivity contribution in [1.82, 2.24) is 34.4 Å². The van der Waals surface area contributed by atoms with E-state index in [1.54, 1.807) is 24.5 Å². The molecule has 0 radical (unpaired) electrons. The first kappa shape index (κ1) is 26.1. The molecule has 5 aliphatic rings. The minimum Gasteiger partial charge on any atom is -0.354 e. The molecule has 1 saturated heterocycles. The lowest BCUT2D eigenvalue weighted by Gasteiger charge is -2.34. The van der Waals surface area contributed by atoms with Gasteiger partial charge in [-0.15, -0.1) is 0 Å². The molecule has 12 nitrogen and oxygen atoms in total. The van der Waals surface area contributed by atoms with Gasteiger partial charge in [-0.25, -0.2) is 15.1 Å². The van der Waals surface area contributed by atoms with E-state index in [1.807, 2.05) is 18.2 Å². The number of hydrogen-bond acceptors (Lipinski definition) is 9. The van der Waals surface area contributed by atoms with Gasteiger partial charge in [0.05, 0.1) is 24.5 Å². The van der Waals surface area contributed by atoms with Crippen LogP contribution in [-0.2, 0) is 28.1 Å². The van der Waals surface area contributed by atoms with E-state index in [0.717, 1.165) is 48.3 Å². The number of amides is 1. The van der Waals surface area contributed by atoms with Crippen molar-refractivity contribution in [2.45, 2.75) is 13.1 Å². The van der Waals surface area contributed by atoms with Crippen LogP contribution in [0, 0.1) is 0 Å². The molecule has 7 heterocycles. The number of nitrogens with one attached hydrogen (secondary N) is 2. The van der Waals surface area contributed by atoms with Gasteiger partial charge < -0.3 is 10.6 Å². The summed E-state index contributed by atoms with van der Waals surface area (Å²) in [5, 5.41) is 11.5. The number of piperazine rings is 1. The maximum absolute atomic E-state index is 12.5. The molecule has 0 spiro atoms. The molecule has 8 rings (SSSR count). The molecule has 2 aromatic heterocycles. The Labute approximate surface area is 222 Å². The molecular formula is C25H31N9O3S. The second kappa shape index (κ2) is 11.5. The van der Waals surface area contributed by atoms with E-state index in [-0.39, 0.29) is 32.1 Å². The highest BCUT2D eigenvalue weighted by atomic mass is 32.2. The standard InChI is InChI=1S/C25H31N9O3S/c26-38(36,37)34-9-8-27-24(35)18-33-12-10-32(11-13-33)16-19-2-1-3-21(14-19)30-25-28-7-6-23(31-25)20-4-5-22(17-34)29-15-20/h1-7,14-15H,8-13,16-18H2,(H,27,35)(H2,26,36,37)(H,28,30,31). The van der Waals surface area contributed by atoms with Gasteiger partial charge in [-0.3, -0.25) is 19.6 Å². The molecule has 200 valence electrons. The van der Waals surface area contributed by atoms with Crippen molar-refractivity contribution in [3.8, 4) is 11.3 Å². The Morgan fingerprint density at radius 2 is 1.68 bits per heavy atom. The predicted molar refractivity (Wildman–Crippen MR) is 143 cm³/mol. The molecule has 5 aliphatic heterocycles. The number of nitrogens with two attached hydrogens (primary N) is 1. The molecule has 1 fully saturated rings. The number of rotatable bonds is 1. The minimum atomic E-state index is -3.99. The Balaban J connectivity index is 1.41. The highest BCUT2D eigenvalue weighted by molar-refractivity contribution is 7.86. The van der Waals surface area contributed by atoms with E-state index >= 15 is 0 Å². The average molecular weight is 538 g/mol. The normalized spacial score (nSPS) is 21.4. The molecular weight excluding hydrogens is 506 g/mol. The lowest BCUT2D eigenvalue weighted by Crippen LogP contribution is -2.49. The zero-order valence-electron chi connectivity index (χ0n) is 21.0. The fourth-order valence-electron chi connectivity index (χ4n) is 4.55. The van der Waals surface area contributed by atoms with Gasteiger partial charge in [-0.2, -0.15) is 12.7 Å². The van der Waals surface area contributed by atoms with Crippen LogP contribution in [0.5, 0.6) is 0 Å². The third-order valence-electron chi connectivity index (χ3n) is 6.58. The summed E-state index contributed by atoms with van der Waals surface area (Å²) in [6.45, 7) is 4.50. The van der Waals surface area contributed by atoms with Crippen molar-refractivity contribution in [2.75, 3.05) is 51.1 Å². The van der Waals surface area contributed by atoms with Crippen molar-refractivity contribution in [3.63, 3.8) is 0 Å². The quantitative estimate of drug-likeness (QED) is 0.404. The minimum absolute atomic E-state index is 0.0101. The fourth-order valence-corrected chi connectivity index (χ4v) is 5.20. The van der Waals surface area contributed by atoms with Crippen LogP contribution in [0.4, 0.5) is 11.6 Å². The van der Waals surface area contributed by atoms with Crippen molar-refractivity contribution >= 4 is 27.8 Å². The van der Waals surface area contributed by atoms with Crippen LogP contribution in [0.25, 0.3) is 11.3 Å². The lowest BCUT2D eigenvalue weighted by molar-refractivity contribution is -0.122. The Hall–Kier alpha value is -3.49. The molecule has 4 N–H and O–H groups in total. The Bertz CT molecular complexity index is 1380. The van der Waals surface area contributed by atoms with E-state index in [2.05, 4.69) is 47.5 Å². The van der Waals surface area contributed by atoms with Crippen LogP contribution in [-0.4, -0.2) is 89.2 Å². The maximum Gasteiger partial charge on any atom is 0.277 e. The SMILES string of the molecule is NS(=O)(=O)N1CCNC(=O)CN2CCN(CC2)Cc2cccc(c2)Nc2nccc(n2)-c2ccc(nc2)C1. The van der Waals surface area contributed by atoms with Crippen LogP contribution in [0.1, 0.15) is 11.3 Å². The topological polar surface area (TPSA) is 150 Å². The lowest BCUT2D eigenvalue weighted by atomic mass is 10.1. The molecule has 0 unspecified atom stereocenters. The van der Waals surface area contributed by atoms with E-state index in [9.17, 15) is 13.2 Å². The fraction of sp³-hybridized carbons (Fsp3) is 0.360. The number of pyridine rings is 1. The second-order valence-electron chi connectivity index (χ2n) is 9.41. The highest BCUT2D eigenvalue weighted by Gasteiger charge is 2.21. The summed E-state index contributed by atoms with van der Waals surface area (Å²) in [5.74, 6) is 0.323. The van der Waals surface area contributed by atoms with Gasteiger partial charge in [0.15, 0.2) is 0 Å². The Morgan fingerprint density at radius 1 is 0.895 bits per heavy atom. The number of benzene rings is 1. The first-order valence-electron chi connectivity index (χ1n) is 12.5. The van der Waals surface area contributed by atoms with Gasteiger partial charge in [0.1, 0.15) is 0 Å². The highest BCUT2D eigenvalue weighted by Crippen LogP contribution is 2.21. The molecule has 0 aliphatic carbocycles. The van der Waals surface area contributed by atoms with Gasteiger partial charge in [0.25, 0.3) is 10.2 Å². The summed E-state index contributed by atoms with van der Waals surface area (Å²) >= 11 is 0. The molecule has 8 bridgehead atoms. The summed E-state index contributed by atoms with van der Waals surface area (Å²) in [6, 6.07) is 13.5. The predicted octanol–water partition coefficient (Wildman–Crippen LogP) is 0.535. The summed E-state index contributed by atoms with van der Waals surface area (Å²) in [7, 11) is -3.99. The third-order valence-corrected chi connectivity index (χ3v) is 7.61. The molecule has 13 heteroatoms. The molecule has 0 saturated carbocycles. The number of aromatic nitrogens is 3. The van der Waals surface area contributed by atoms with Gasteiger partial charge in [-0.1, -0.05) is 12.1 Å². The summed E-state index contributed by atoms with van der Waals surface area (Å²) in [5.41, 5.74) is 4.04. The number of hydrogen-bond donors (Lipinski definition) is 3. The van der Waals surface area contributed by atoms with Crippen molar-refractivity contribution in [2.24, 2.45) is 5.14 Å². The smallest absolute Gasteiger partial charge is 0.277 e. The van der Waals surface area contributed by atoms with E-state index in [4.69, 9.17) is 5.14 Å². The van der Waals surface area contributed by atoms with Crippen LogP contribution < -0.4 is 15.8 Å². The van der Waals surface area contributed by atoms with Crippen LogP contribution in [0.3, 0.4) is 0 Å². The van der Waals surface area contributed by atoms with Crippen molar-refractivity contribution < 1.29 is 13.2 Å². The Morgan fingerprint density at radius 3 is 2.42 bits per heavy atom. The van der Waals surface area contributed by atoms with E-state index in [0.29, 0.717) is 17.3 Å². The van der Waals surface area contributed by atoms with Gasteiger partial charge >= 0.3 is 0 Å². The Kier molecular flexibility index (Phi) is 7.90. The molecule has 1 amide bonds. The number of anilines is 2. The van der Waals surface area contributed by atoms with Gasteiger partial charge in [0.2, 0.25) is 11.9 Å². The first-order chi connectivity index (χ1) is 18.3. The largest absolute Gasteiger partial charge is 0.354 e. The number of carbonyl (C=O) groups excluding carboxylic acids is 1. The maximum atomic E-state index is 12.5. The molecule has 38 heavy (non-hydrogen) atoms. The zero-order valence-corrected chi connectivity index (χ0v) is 21.8. The zero-order chi connectivity index (χ0) is 26.5. The summed E-state index contributed by atoms with van der Waals surface area (Å²) in [4.78, 5) is 30.4. The number of carbonyl (C=O) groups is 1. The van der Waals surface area contributed by atoms with Crippen LogP contribution in [0.2, 0.25) is 0 Å². The van der Waals surface area contributed by atoms with E-state index in [1.165, 1.54) is 5.56 Å². The van der Waals surface area contributed by atoms with E-state index < -0.39 is 10.2 Å². The second-order valence-corrected chi connectivity index (χ2v) is 11.0.